The van der Waals surface area contributed by atoms with Gasteiger partial charge >= 0.3 is 5.69 Å². The van der Waals surface area contributed by atoms with E-state index in [1.807, 2.05) is 0 Å². The van der Waals surface area contributed by atoms with Crippen LogP contribution in [0.1, 0.15) is 32.4 Å². The minimum atomic E-state index is -0.418. The summed E-state index contributed by atoms with van der Waals surface area (Å²) >= 11 is 2.07. The molecule has 1 aliphatic carbocycles. The van der Waals surface area contributed by atoms with Crippen molar-refractivity contribution in [3.63, 3.8) is 0 Å². The molecule has 0 aliphatic heterocycles. The first kappa shape index (κ1) is 16.0. The fourth-order valence-electron chi connectivity index (χ4n) is 1.59. The number of nitrogens with one attached hydrogen (secondary N) is 1. The molecule has 0 atom stereocenters. The van der Waals surface area contributed by atoms with Crippen molar-refractivity contribution in [3.05, 3.63) is 27.9 Å². The Morgan fingerprint density at radius 1 is 1.53 bits per heavy atom. The average Bonchev–Trinajstić information content (AvgIpc) is 2.31. The van der Waals surface area contributed by atoms with Gasteiger partial charge in [-0.05, 0) is 45.4 Å². The molecular weight excluding hydrogens is 377 g/mol. The fourth-order valence-corrected chi connectivity index (χ4v) is 2.07. The molecule has 0 radical (unpaired) electrons. The van der Waals surface area contributed by atoms with Crippen LogP contribution in [0.25, 0.3) is 0 Å². The topological polar surface area (TPSA) is 68.1 Å². The van der Waals surface area contributed by atoms with Gasteiger partial charge in [-0.2, -0.15) is 0 Å². The molecule has 102 valence electrons. The monoisotopic (exact) mass is 391 g/mol. The first-order valence-corrected chi connectivity index (χ1v) is 8.77. The second kappa shape index (κ2) is 7.55. The minimum absolute atomic E-state index is 0. The zero-order valence-corrected chi connectivity index (χ0v) is 12.3. The van der Waals surface area contributed by atoms with Crippen LogP contribution in [0.2, 0.25) is 0 Å². The van der Waals surface area contributed by atoms with Crippen molar-refractivity contribution in [2.75, 3.05) is 5.32 Å². The van der Waals surface area contributed by atoms with Crippen molar-refractivity contribution >= 4 is 41.6 Å². The van der Waals surface area contributed by atoms with E-state index in [-0.39, 0.29) is 13.1 Å². The van der Waals surface area contributed by atoms with Gasteiger partial charge in [-0.15, -0.1) is 0 Å². The molecule has 0 amide bonds. The summed E-state index contributed by atoms with van der Waals surface area (Å²) in [6, 6.07) is 3.33. The minimum Gasteiger partial charge on any atom is -0.362 e. The quantitative estimate of drug-likeness (QED) is 0.365. The third-order valence-electron chi connectivity index (χ3n) is 2.73. The van der Waals surface area contributed by atoms with E-state index >= 15 is 0 Å². The van der Waals surface area contributed by atoms with Gasteiger partial charge in [0.1, 0.15) is 5.69 Å². The van der Waals surface area contributed by atoms with E-state index in [9.17, 15) is 10.1 Å². The number of pyridine rings is 1. The molecule has 1 N–H and O–H groups in total. The molecular formula is C12H14IN3O2S. The molecule has 19 heavy (non-hydrogen) atoms. The Bertz CT molecular complexity index is 523. The normalized spacial score (nSPS) is 13.5. The first-order valence-electron chi connectivity index (χ1n) is 5.41. The third kappa shape index (κ3) is 4.24. The molecule has 1 aliphatic rings. The molecule has 1 saturated carbocycles. The zero-order chi connectivity index (χ0) is 13.0. The van der Waals surface area contributed by atoms with E-state index in [1.165, 1.54) is 15.0 Å². The molecule has 0 saturated heterocycles. The Balaban J connectivity index is 0.00000180. The maximum atomic E-state index is 10.9. The Morgan fingerprint density at radius 2 is 2.26 bits per heavy atom. The van der Waals surface area contributed by atoms with E-state index in [2.05, 4.69) is 42.7 Å². The number of hydrogen-bond donors (Lipinski definition) is 1. The molecule has 1 aromatic rings. The summed E-state index contributed by atoms with van der Waals surface area (Å²) < 4.78 is 0. The number of aromatic nitrogens is 1. The fraction of sp³-hybridized carbons (Fsp3) is 0.417. The maximum Gasteiger partial charge on any atom is 0.311 e. The van der Waals surface area contributed by atoms with Gasteiger partial charge in [0.15, 0.2) is 0 Å². The van der Waals surface area contributed by atoms with E-state index in [4.69, 9.17) is 0 Å². The molecule has 2 rings (SSSR count). The summed E-state index contributed by atoms with van der Waals surface area (Å²) in [6.45, 7) is 0. The summed E-state index contributed by atoms with van der Waals surface area (Å²) in [5, 5.41) is 16.8. The van der Waals surface area contributed by atoms with Crippen LogP contribution < -0.4 is 5.32 Å². The lowest BCUT2D eigenvalue weighted by Crippen LogP contribution is -2.28. The van der Waals surface area contributed by atoms with Crippen LogP contribution in [0, 0.1) is 21.3 Å². The molecule has 1 heterocycles. The lowest BCUT2D eigenvalue weighted by molar-refractivity contribution is -0.384. The predicted octanol–water partition coefficient (Wildman–Crippen LogP) is 3.98. The van der Waals surface area contributed by atoms with Crippen LogP contribution in [0.3, 0.4) is 0 Å². The lowest BCUT2D eigenvalue weighted by atomic mass is 9.93. The summed E-state index contributed by atoms with van der Waals surface area (Å²) in [5.74, 6) is 3.17. The third-order valence-corrected chi connectivity index (χ3v) is 3.57. The highest BCUT2D eigenvalue weighted by Crippen LogP contribution is 2.28. The van der Waals surface area contributed by atoms with Gasteiger partial charge < -0.3 is 5.32 Å². The predicted molar refractivity (Wildman–Crippen MR) is 87.4 cm³/mol. The van der Waals surface area contributed by atoms with E-state index < -0.39 is 4.92 Å². The van der Waals surface area contributed by atoms with Gasteiger partial charge in [0.25, 0.3) is 0 Å². The zero-order valence-electron chi connectivity index (χ0n) is 9.35. The van der Waals surface area contributed by atoms with Crippen LogP contribution in [-0.2, 0) is 0 Å². The van der Waals surface area contributed by atoms with E-state index in [1.54, 1.807) is 6.07 Å². The largest absolute Gasteiger partial charge is 0.362 e. The number of nitrogens with zero attached hydrogens (tertiary/aromatic N) is 2. The summed E-state index contributed by atoms with van der Waals surface area (Å²) in [4.78, 5) is 14.7. The van der Waals surface area contributed by atoms with E-state index in [0.717, 1.165) is 19.3 Å². The van der Waals surface area contributed by atoms with Crippen molar-refractivity contribution in [1.29, 1.82) is 0 Å². The summed E-state index contributed by atoms with van der Waals surface area (Å²) in [7, 11) is 1.36. The summed E-state index contributed by atoms with van der Waals surface area (Å²) in [5.41, 5.74) is 0.557. The molecule has 5 nitrogen and oxygen atoms in total. The number of halogens is 1. The average molecular weight is 391 g/mol. The van der Waals surface area contributed by atoms with Gasteiger partial charge in [-0.25, -0.2) is 4.98 Å². The Labute approximate surface area is 128 Å². The maximum absolute atomic E-state index is 10.9. The van der Waals surface area contributed by atoms with Gasteiger partial charge in [0.2, 0.25) is 5.82 Å². The molecule has 0 spiro atoms. The Morgan fingerprint density at radius 3 is 2.79 bits per heavy atom. The number of anilines is 1. The SMILES string of the molecule is C.O=[N+]([O-])c1ccc(C#CSI)nc1NC1CCC1. The van der Waals surface area contributed by atoms with Crippen molar-refractivity contribution < 1.29 is 4.92 Å². The van der Waals surface area contributed by atoms with Crippen LogP contribution in [-0.4, -0.2) is 15.9 Å². The molecule has 0 aromatic carbocycles. The second-order valence-corrected chi connectivity index (χ2v) is 5.58. The van der Waals surface area contributed by atoms with Gasteiger partial charge in [-0.3, -0.25) is 10.1 Å². The molecule has 0 bridgehead atoms. The van der Waals surface area contributed by atoms with Gasteiger partial charge in [-0.1, -0.05) is 7.43 Å². The smallest absolute Gasteiger partial charge is 0.311 e. The van der Waals surface area contributed by atoms with Crippen molar-refractivity contribution in [2.45, 2.75) is 32.7 Å². The van der Waals surface area contributed by atoms with Crippen molar-refractivity contribution in [1.82, 2.24) is 4.98 Å². The molecule has 0 unspecified atom stereocenters. The summed E-state index contributed by atoms with van der Waals surface area (Å²) in [6.07, 6.45) is 3.24. The Hall–Kier alpha value is -1.01. The molecule has 7 heteroatoms. The van der Waals surface area contributed by atoms with Crippen LogP contribution in [0.15, 0.2) is 12.1 Å². The number of rotatable bonds is 3. The Kier molecular flexibility index (Phi) is 6.37. The van der Waals surface area contributed by atoms with Crippen molar-refractivity contribution in [3.8, 4) is 11.2 Å². The lowest BCUT2D eigenvalue weighted by Gasteiger charge is -2.26. The highest BCUT2D eigenvalue weighted by molar-refractivity contribution is 14.2. The van der Waals surface area contributed by atoms with Crippen LogP contribution in [0.4, 0.5) is 11.5 Å². The van der Waals surface area contributed by atoms with Gasteiger partial charge in [0.05, 0.1) is 4.92 Å². The highest BCUT2D eigenvalue weighted by atomic mass is 127. The molecule has 1 aromatic heterocycles. The second-order valence-electron chi connectivity index (χ2n) is 3.90. The molecule has 1 fully saturated rings. The van der Waals surface area contributed by atoms with Crippen LogP contribution >= 0.6 is 30.1 Å². The van der Waals surface area contributed by atoms with E-state index in [0.29, 0.717) is 17.6 Å². The first-order chi connectivity index (χ1) is 8.70. The number of hydrogen-bond acceptors (Lipinski definition) is 5. The highest BCUT2D eigenvalue weighted by Gasteiger charge is 2.22. The van der Waals surface area contributed by atoms with Crippen LogP contribution in [0.5, 0.6) is 0 Å². The number of nitro groups is 1. The van der Waals surface area contributed by atoms with Crippen molar-refractivity contribution in [2.24, 2.45) is 0 Å². The standard InChI is InChI=1S/C11H10IN3O2S.CH4/c12-18-7-6-9-4-5-10(15(16)17)11(14-9)13-8-2-1-3-8;/h4-5,8H,1-3H2,(H,13,14);1H4. The van der Waals surface area contributed by atoms with Gasteiger partial charge in [0, 0.05) is 33.3 Å².